The Morgan fingerprint density at radius 1 is 1.07 bits per heavy atom. The first-order valence-corrected chi connectivity index (χ1v) is 10.3. The summed E-state index contributed by atoms with van der Waals surface area (Å²) in [7, 11) is 0. The first kappa shape index (κ1) is 23.3. The van der Waals surface area contributed by atoms with Gasteiger partial charge in [0.25, 0.3) is 0 Å². The zero-order valence-electron chi connectivity index (χ0n) is 18.5. The number of hydrogen-bond donors (Lipinski definition) is 2. The van der Waals surface area contributed by atoms with Crippen molar-refractivity contribution in [1.82, 2.24) is 5.32 Å². The monoisotopic (exact) mass is 412 g/mol. The van der Waals surface area contributed by atoms with Crippen LogP contribution in [0.5, 0.6) is 5.75 Å². The molecule has 0 aliphatic heterocycles. The number of ether oxygens (including phenoxy) is 2. The van der Waals surface area contributed by atoms with E-state index in [0.717, 1.165) is 29.7 Å². The minimum atomic E-state index is -0.465. The molecule has 2 aromatic carbocycles. The van der Waals surface area contributed by atoms with E-state index in [2.05, 4.69) is 37.5 Å². The number of anilines is 1. The Morgan fingerprint density at radius 3 is 2.50 bits per heavy atom. The van der Waals surface area contributed by atoms with Crippen molar-refractivity contribution in [3.8, 4) is 5.75 Å². The van der Waals surface area contributed by atoms with Crippen LogP contribution in [0, 0.1) is 6.92 Å². The standard InChI is InChI=1S/C24H32N2O4/c1-6-7-14-29-22(27)18-10-8-9-11-20(18)26-23(28)25-16-30-21-13-12-17(2)15-19(21)24(3,4)5/h8-13,15H,6-7,14,16H2,1-5H3,(H2,25,26,28). The number of rotatable bonds is 8. The molecule has 0 aliphatic carbocycles. The third-order valence-electron chi connectivity index (χ3n) is 4.53. The van der Waals surface area contributed by atoms with Gasteiger partial charge in [-0.1, -0.05) is 63.9 Å². The molecule has 6 heteroatoms. The lowest BCUT2D eigenvalue weighted by atomic mass is 9.85. The Morgan fingerprint density at radius 2 is 1.80 bits per heavy atom. The van der Waals surface area contributed by atoms with Crippen LogP contribution in [0.15, 0.2) is 42.5 Å². The molecule has 0 saturated carbocycles. The van der Waals surface area contributed by atoms with Crippen LogP contribution < -0.4 is 15.4 Å². The predicted molar refractivity (Wildman–Crippen MR) is 119 cm³/mol. The number of carbonyl (C=O) groups is 2. The van der Waals surface area contributed by atoms with Crippen LogP contribution in [0.1, 0.15) is 62.0 Å². The van der Waals surface area contributed by atoms with E-state index in [1.165, 1.54) is 0 Å². The second kappa shape index (κ2) is 10.7. The zero-order valence-corrected chi connectivity index (χ0v) is 18.5. The van der Waals surface area contributed by atoms with Crippen LogP contribution >= 0.6 is 0 Å². The SMILES string of the molecule is CCCCOC(=O)c1ccccc1NC(=O)NCOc1ccc(C)cc1C(C)(C)C. The highest BCUT2D eigenvalue weighted by Crippen LogP contribution is 2.32. The van der Waals surface area contributed by atoms with Gasteiger partial charge in [-0.25, -0.2) is 9.59 Å². The van der Waals surface area contributed by atoms with E-state index in [4.69, 9.17) is 9.47 Å². The number of urea groups is 1. The van der Waals surface area contributed by atoms with Gasteiger partial charge >= 0.3 is 12.0 Å². The summed E-state index contributed by atoms with van der Waals surface area (Å²) in [4.78, 5) is 24.6. The molecular weight excluding hydrogens is 380 g/mol. The second-order valence-electron chi connectivity index (χ2n) is 8.20. The van der Waals surface area contributed by atoms with Crippen LogP contribution in [0.25, 0.3) is 0 Å². The van der Waals surface area contributed by atoms with Gasteiger partial charge in [0, 0.05) is 0 Å². The Bertz CT molecular complexity index is 872. The molecule has 2 aromatic rings. The number of carbonyl (C=O) groups excluding carboxylic acids is 2. The van der Waals surface area contributed by atoms with Crippen LogP contribution in [0.4, 0.5) is 10.5 Å². The maximum atomic E-state index is 12.3. The van der Waals surface area contributed by atoms with E-state index in [1.807, 2.05) is 26.0 Å². The van der Waals surface area contributed by atoms with Crippen molar-refractivity contribution in [2.45, 2.75) is 52.9 Å². The Labute approximate surface area is 179 Å². The Hall–Kier alpha value is -3.02. The van der Waals surface area contributed by atoms with Crippen molar-refractivity contribution >= 4 is 17.7 Å². The van der Waals surface area contributed by atoms with Crippen molar-refractivity contribution in [3.05, 3.63) is 59.2 Å². The number of amides is 2. The zero-order chi connectivity index (χ0) is 22.1. The van der Waals surface area contributed by atoms with E-state index in [9.17, 15) is 9.59 Å². The van der Waals surface area contributed by atoms with Crippen molar-refractivity contribution < 1.29 is 19.1 Å². The molecule has 0 heterocycles. The maximum absolute atomic E-state index is 12.3. The van der Waals surface area contributed by atoms with Gasteiger partial charge in [-0.3, -0.25) is 0 Å². The van der Waals surface area contributed by atoms with E-state index in [1.54, 1.807) is 24.3 Å². The van der Waals surface area contributed by atoms with Gasteiger partial charge in [0.2, 0.25) is 0 Å². The molecule has 0 saturated heterocycles. The summed E-state index contributed by atoms with van der Waals surface area (Å²) in [6, 6.07) is 12.3. The lowest BCUT2D eigenvalue weighted by Gasteiger charge is -2.23. The minimum absolute atomic E-state index is 0.00108. The summed E-state index contributed by atoms with van der Waals surface area (Å²) in [5.74, 6) is 0.276. The quantitative estimate of drug-likeness (QED) is 0.345. The molecular formula is C24H32N2O4. The number of nitrogens with one attached hydrogen (secondary N) is 2. The van der Waals surface area contributed by atoms with Crippen molar-refractivity contribution in [3.63, 3.8) is 0 Å². The summed E-state index contributed by atoms with van der Waals surface area (Å²) >= 11 is 0. The fourth-order valence-electron chi connectivity index (χ4n) is 2.86. The molecule has 0 radical (unpaired) electrons. The third-order valence-corrected chi connectivity index (χ3v) is 4.53. The van der Waals surface area contributed by atoms with E-state index in [0.29, 0.717) is 17.9 Å². The molecule has 2 amide bonds. The van der Waals surface area contributed by atoms with Gasteiger partial charge in [-0.15, -0.1) is 0 Å². The molecule has 2 N–H and O–H groups in total. The molecule has 0 aliphatic rings. The Balaban J connectivity index is 1.96. The average Bonchev–Trinajstić information content (AvgIpc) is 2.69. The van der Waals surface area contributed by atoms with Crippen LogP contribution in [0.2, 0.25) is 0 Å². The van der Waals surface area contributed by atoms with Crippen molar-refractivity contribution in [2.75, 3.05) is 18.7 Å². The molecule has 0 unspecified atom stereocenters. The normalized spacial score (nSPS) is 11.0. The minimum Gasteiger partial charge on any atom is -0.473 e. The van der Waals surface area contributed by atoms with Gasteiger partial charge in [0.05, 0.1) is 17.9 Å². The predicted octanol–water partition coefficient (Wildman–Crippen LogP) is 5.41. The van der Waals surface area contributed by atoms with E-state index >= 15 is 0 Å². The van der Waals surface area contributed by atoms with Crippen molar-refractivity contribution in [1.29, 1.82) is 0 Å². The molecule has 162 valence electrons. The van der Waals surface area contributed by atoms with Gasteiger partial charge in [0.1, 0.15) is 5.75 Å². The molecule has 0 bridgehead atoms. The number of unbranched alkanes of at least 4 members (excludes halogenated alkanes) is 1. The van der Waals surface area contributed by atoms with Crippen molar-refractivity contribution in [2.24, 2.45) is 0 Å². The average molecular weight is 413 g/mol. The van der Waals surface area contributed by atoms with Gasteiger partial charge in [-0.05, 0) is 42.5 Å². The first-order valence-electron chi connectivity index (χ1n) is 10.3. The van der Waals surface area contributed by atoms with Crippen LogP contribution in [-0.2, 0) is 10.2 Å². The molecule has 30 heavy (non-hydrogen) atoms. The molecule has 0 atom stereocenters. The summed E-state index contributed by atoms with van der Waals surface area (Å²) < 4.78 is 11.1. The Kier molecular flexibility index (Phi) is 8.27. The highest BCUT2D eigenvalue weighted by atomic mass is 16.5. The fraction of sp³-hybridized carbons (Fsp3) is 0.417. The summed E-state index contributed by atoms with van der Waals surface area (Å²) in [5, 5.41) is 5.36. The number of aryl methyl sites for hydroxylation is 1. The fourth-order valence-corrected chi connectivity index (χ4v) is 2.86. The van der Waals surface area contributed by atoms with E-state index < -0.39 is 12.0 Å². The molecule has 0 fully saturated rings. The van der Waals surface area contributed by atoms with Gasteiger partial charge in [-0.2, -0.15) is 0 Å². The second-order valence-corrected chi connectivity index (χ2v) is 8.20. The third kappa shape index (κ3) is 6.79. The molecule has 6 nitrogen and oxygen atoms in total. The largest absolute Gasteiger partial charge is 0.473 e. The maximum Gasteiger partial charge on any atom is 0.340 e. The molecule has 2 rings (SSSR count). The summed E-state index contributed by atoms with van der Waals surface area (Å²) in [5.41, 5.74) is 2.85. The smallest absolute Gasteiger partial charge is 0.340 e. The number of benzene rings is 2. The lowest BCUT2D eigenvalue weighted by Crippen LogP contribution is -2.33. The highest BCUT2D eigenvalue weighted by Gasteiger charge is 2.19. The van der Waals surface area contributed by atoms with Gasteiger partial charge < -0.3 is 20.1 Å². The molecule has 0 spiro atoms. The first-order chi connectivity index (χ1) is 14.2. The number of hydrogen-bond acceptors (Lipinski definition) is 4. The summed E-state index contributed by atoms with van der Waals surface area (Å²) in [6.07, 6.45) is 1.74. The van der Waals surface area contributed by atoms with E-state index in [-0.39, 0.29) is 12.1 Å². The van der Waals surface area contributed by atoms with Crippen LogP contribution in [0.3, 0.4) is 0 Å². The van der Waals surface area contributed by atoms with Gasteiger partial charge in [0.15, 0.2) is 6.73 Å². The summed E-state index contributed by atoms with van der Waals surface area (Å²) in [6.45, 7) is 10.8. The highest BCUT2D eigenvalue weighted by molar-refractivity contribution is 6.00. The molecule has 0 aromatic heterocycles. The lowest BCUT2D eigenvalue weighted by molar-refractivity contribution is 0.0501. The topological polar surface area (TPSA) is 76.7 Å². The number of para-hydroxylation sites is 1. The number of esters is 1. The van der Waals surface area contributed by atoms with Crippen LogP contribution in [-0.4, -0.2) is 25.3 Å².